The Balaban J connectivity index is 1.52. The van der Waals surface area contributed by atoms with Crippen molar-refractivity contribution in [2.45, 2.75) is 6.54 Å². The van der Waals surface area contributed by atoms with Gasteiger partial charge in [0.25, 0.3) is 11.8 Å². The zero-order chi connectivity index (χ0) is 21.4. The van der Waals surface area contributed by atoms with Gasteiger partial charge in [-0.3, -0.25) is 14.5 Å². The maximum Gasteiger partial charge on any atom is 0.261 e. The zero-order valence-corrected chi connectivity index (χ0v) is 17.4. The smallest absolute Gasteiger partial charge is 0.261 e. The van der Waals surface area contributed by atoms with Gasteiger partial charge >= 0.3 is 0 Å². The van der Waals surface area contributed by atoms with Gasteiger partial charge in [0.05, 0.1) is 38.4 Å². The van der Waals surface area contributed by atoms with Gasteiger partial charge in [-0.2, -0.15) is 5.11 Å². The third-order valence-electron chi connectivity index (χ3n) is 4.54. The SMILES string of the molecule is O=C1c2ccccc2C(=O)N1Cc1ccc(N=Nc2c(O)c(Cl)cc(Cl)c2Cl)cc1. The molecule has 1 N–H and O–H groups in total. The topological polar surface area (TPSA) is 82.3 Å². The zero-order valence-electron chi connectivity index (χ0n) is 15.1. The van der Waals surface area contributed by atoms with Gasteiger partial charge in [0.15, 0.2) is 5.75 Å². The lowest BCUT2D eigenvalue weighted by Gasteiger charge is -2.13. The van der Waals surface area contributed by atoms with Crippen molar-refractivity contribution in [2.24, 2.45) is 10.2 Å². The first kappa shape index (κ1) is 20.3. The number of halogens is 3. The Bertz CT molecular complexity index is 1150. The number of aromatic hydroxyl groups is 1. The molecule has 0 saturated heterocycles. The van der Waals surface area contributed by atoms with E-state index < -0.39 is 0 Å². The second-order valence-electron chi connectivity index (χ2n) is 6.46. The molecular formula is C21H12Cl3N3O3. The first-order chi connectivity index (χ1) is 14.4. The van der Waals surface area contributed by atoms with Gasteiger partial charge in [0.2, 0.25) is 0 Å². The van der Waals surface area contributed by atoms with Crippen LogP contribution in [-0.4, -0.2) is 21.8 Å². The standard InChI is InChI=1S/C21H12Cl3N3O3/c22-15-9-16(23)19(28)18(17(15)24)26-25-12-7-5-11(6-8-12)10-27-20(29)13-3-1-2-4-14(13)21(27)30/h1-9,28H,10H2. The lowest BCUT2D eigenvalue weighted by atomic mass is 10.1. The number of carbonyl (C=O) groups excluding carboxylic acids is 2. The minimum atomic E-state index is -0.322. The predicted molar refractivity (Wildman–Crippen MR) is 114 cm³/mol. The first-order valence-electron chi connectivity index (χ1n) is 8.69. The number of carbonyl (C=O) groups is 2. The van der Waals surface area contributed by atoms with Crippen molar-refractivity contribution in [3.8, 4) is 5.75 Å². The molecule has 3 aromatic rings. The molecule has 1 aliphatic rings. The van der Waals surface area contributed by atoms with E-state index in [1.165, 1.54) is 11.0 Å². The molecule has 0 aliphatic carbocycles. The molecule has 0 saturated carbocycles. The van der Waals surface area contributed by atoms with Gasteiger partial charge in [-0.15, -0.1) is 5.11 Å². The van der Waals surface area contributed by atoms with E-state index in [0.717, 1.165) is 5.56 Å². The molecule has 9 heteroatoms. The number of nitrogens with zero attached hydrogens (tertiary/aromatic N) is 3. The summed E-state index contributed by atoms with van der Waals surface area (Å²) in [5.41, 5.74) is 1.99. The first-order valence-corrected chi connectivity index (χ1v) is 9.82. The fourth-order valence-electron chi connectivity index (χ4n) is 3.01. The molecule has 150 valence electrons. The predicted octanol–water partition coefficient (Wildman–Crippen LogP) is 6.56. The van der Waals surface area contributed by atoms with Gasteiger partial charge in [-0.25, -0.2) is 0 Å². The average molecular weight is 461 g/mol. The summed E-state index contributed by atoms with van der Waals surface area (Å²) in [6, 6.07) is 14.8. The fraction of sp³-hybridized carbons (Fsp3) is 0.0476. The summed E-state index contributed by atoms with van der Waals surface area (Å²) in [5.74, 6) is -0.957. The summed E-state index contributed by atoms with van der Waals surface area (Å²) in [7, 11) is 0. The van der Waals surface area contributed by atoms with Crippen LogP contribution in [0.1, 0.15) is 26.3 Å². The Morgan fingerprint density at radius 2 is 1.43 bits per heavy atom. The summed E-state index contributed by atoms with van der Waals surface area (Å²) in [5, 5.41) is 18.2. The van der Waals surface area contributed by atoms with E-state index in [4.69, 9.17) is 34.8 Å². The van der Waals surface area contributed by atoms with E-state index >= 15 is 0 Å². The van der Waals surface area contributed by atoms with Gasteiger partial charge < -0.3 is 5.11 Å². The third-order valence-corrected chi connectivity index (χ3v) is 5.61. The summed E-state index contributed by atoms with van der Waals surface area (Å²) in [6.45, 7) is 0.139. The van der Waals surface area contributed by atoms with E-state index in [2.05, 4.69) is 10.2 Å². The highest BCUT2D eigenvalue weighted by Crippen LogP contribution is 2.44. The molecule has 0 radical (unpaired) electrons. The van der Waals surface area contributed by atoms with E-state index in [9.17, 15) is 14.7 Å². The van der Waals surface area contributed by atoms with Crippen LogP contribution in [0.5, 0.6) is 5.75 Å². The van der Waals surface area contributed by atoms with Crippen LogP contribution >= 0.6 is 34.8 Å². The average Bonchev–Trinajstić information content (AvgIpc) is 2.98. The molecule has 1 aliphatic heterocycles. The number of benzene rings is 3. The van der Waals surface area contributed by atoms with E-state index in [-0.39, 0.29) is 44.9 Å². The third kappa shape index (κ3) is 3.65. The van der Waals surface area contributed by atoms with Crippen LogP contribution in [0.3, 0.4) is 0 Å². The number of phenols is 1. The maximum atomic E-state index is 12.5. The molecule has 0 fully saturated rings. The molecule has 4 rings (SSSR count). The van der Waals surface area contributed by atoms with Crippen molar-refractivity contribution in [3.05, 3.63) is 86.4 Å². The number of azo groups is 1. The molecule has 0 unspecified atom stereocenters. The minimum absolute atomic E-state index is 0.00893. The molecule has 6 nitrogen and oxygen atoms in total. The van der Waals surface area contributed by atoms with Crippen LogP contribution in [0.25, 0.3) is 0 Å². The molecule has 0 bridgehead atoms. The highest BCUT2D eigenvalue weighted by Gasteiger charge is 2.34. The van der Waals surface area contributed by atoms with Crippen molar-refractivity contribution < 1.29 is 14.7 Å². The molecule has 0 spiro atoms. The van der Waals surface area contributed by atoms with Crippen LogP contribution in [0.15, 0.2) is 64.8 Å². The van der Waals surface area contributed by atoms with Crippen LogP contribution in [0.4, 0.5) is 11.4 Å². The highest BCUT2D eigenvalue weighted by molar-refractivity contribution is 6.45. The minimum Gasteiger partial charge on any atom is -0.504 e. The molecule has 3 aromatic carbocycles. The Morgan fingerprint density at radius 3 is 2.03 bits per heavy atom. The van der Waals surface area contributed by atoms with E-state index in [0.29, 0.717) is 16.8 Å². The summed E-state index contributed by atoms with van der Waals surface area (Å²) >= 11 is 17.9. The number of hydrogen-bond donors (Lipinski definition) is 1. The second-order valence-corrected chi connectivity index (χ2v) is 7.65. The molecule has 30 heavy (non-hydrogen) atoms. The number of phenolic OH excluding ortho intramolecular Hbond substituents is 1. The summed E-state index contributed by atoms with van der Waals surface area (Å²) in [4.78, 5) is 26.1. The number of hydrogen-bond acceptors (Lipinski definition) is 5. The lowest BCUT2D eigenvalue weighted by Crippen LogP contribution is -2.29. The normalized spacial score (nSPS) is 13.4. The van der Waals surface area contributed by atoms with Crippen LogP contribution in [-0.2, 0) is 6.54 Å². The van der Waals surface area contributed by atoms with Gasteiger partial charge in [0.1, 0.15) is 5.69 Å². The van der Waals surface area contributed by atoms with E-state index in [1.807, 2.05) is 0 Å². The van der Waals surface area contributed by atoms with Gasteiger partial charge in [-0.05, 0) is 35.9 Å². The summed E-state index contributed by atoms with van der Waals surface area (Å²) in [6.07, 6.45) is 0. The van der Waals surface area contributed by atoms with Crippen molar-refractivity contribution in [3.63, 3.8) is 0 Å². The highest BCUT2D eigenvalue weighted by atomic mass is 35.5. The Morgan fingerprint density at radius 1 is 0.833 bits per heavy atom. The number of fused-ring (bicyclic) bond motifs is 1. The quantitative estimate of drug-likeness (QED) is 0.272. The molecule has 2 amide bonds. The maximum absolute atomic E-state index is 12.5. The number of imide groups is 1. The van der Waals surface area contributed by atoms with Crippen LogP contribution in [0, 0.1) is 0 Å². The van der Waals surface area contributed by atoms with Crippen molar-refractivity contribution in [1.82, 2.24) is 4.90 Å². The van der Waals surface area contributed by atoms with Crippen LogP contribution < -0.4 is 0 Å². The Kier molecular flexibility index (Phi) is 5.47. The van der Waals surface area contributed by atoms with Crippen molar-refractivity contribution in [1.29, 1.82) is 0 Å². The molecular weight excluding hydrogens is 449 g/mol. The molecule has 0 aromatic heterocycles. The van der Waals surface area contributed by atoms with Crippen molar-refractivity contribution >= 4 is 58.0 Å². The fourth-order valence-corrected chi connectivity index (χ4v) is 3.64. The van der Waals surface area contributed by atoms with Gasteiger partial charge in [-0.1, -0.05) is 59.1 Å². The van der Waals surface area contributed by atoms with Gasteiger partial charge in [0, 0.05) is 0 Å². The summed E-state index contributed by atoms with van der Waals surface area (Å²) < 4.78 is 0. The Labute approximate surface area is 186 Å². The van der Waals surface area contributed by atoms with Crippen molar-refractivity contribution in [2.75, 3.05) is 0 Å². The number of amides is 2. The lowest BCUT2D eigenvalue weighted by molar-refractivity contribution is 0.0642. The van der Waals surface area contributed by atoms with Crippen LogP contribution in [0.2, 0.25) is 15.1 Å². The van der Waals surface area contributed by atoms with E-state index in [1.54, 1.807) is 48.5 Å². The molecule has 0 atom stereocenters. The number of rotatable bonds is 4. The second kappa shape index (κ2) is 8.07. The monoisotopic (exact) mass is 459 g/mol. The Hall–Kier alpha value is -2.93. The largest absolute Gasteiger partial charge is 0.504 e. The molecule has 1 heterocycles.